The summed E-state index contributed by atoms with van der Waals surface area (Å²) in [4.78, 5) is 19.4. The summed E-state index contributed by atoms with van der Waals surface area (Å²) in [6.45, 7) is 0. The van der Waals surface area contributed by atoms with Crippen molar-refractivity contribution in [2.45, 2.75) is 0 Å². The molecule has 0 aliphatic rings. The van der Waals surface area contributed by atoms with Crippen LogP contribution in [0.1, 0.15) is 0 Å². The van der Waals surface area contributed by atoms with E-state index in [4.69, 9.17) is 0 Å². The van der Waals surface area contributed by atoms with Gasteiger partial charge in [-0.25, -0.2) is 9.78 Å². The molecular formula is C8H11N5O. The average molecular weight is 193 g/mol. The second kappa shape index (κ2) is 2.83. The molecule has 0 aromatic carbocycles. The summed E-state index contributed by atoms with van der Waals surface area (Å²) in [6.07, 6.45) is 1.66. The van der Waals surface area contributed by atoms with E-state index in [9.17, 15) is 4.79 Å². The highest BCUT2D eigenvalue weighted by Gasteiger charge is 2.10. The Kier molecular flexibility index (Phi) is 1.77. The molecule has 0 aliphatic carbocycles. The molecule has 74 valence electrons. The highest BCUT2D eigenvalue weighted by atomic mass is 16.1. The number of rotatable bonds is 1. The van der Waals surface area contributed by atoms with Crippen molar-refractivity contribution in [1.82, 2.24) is 19.1 Å². The van der Waals surface area contributed by atoms with Crippen LogP contribution in [0.5, 0.6) is 0 Å². The van der Waals surface area contributed by atoms with Gasteiger partial charge in [0.25, 0.3) is 0 Å². The Bertz CT molecular complexity index is 538. The molecule has 0 saturated carbocycles. The summed E-state index contributed by atoms with van der Waals surface area (Å²) >= 11 is 0. The summed E-state index contributed by atoms with van der Waals surface area (Å²) < 4.78 is 3.25. The molecule has 1 N–H and O–H groups in total. The average Bonchev–Trinajstić information content (AvgIpc) is 2.55. The first-order chi connectivity index (χ1) is 6.65. The molecule has 2 aromatic heterocycles. The largest absolute Gasteiger partial charge is 0.371 e. The van der Waals surface area contributed by atoms with Crippen LogP contribution in [0, 0.1) is 0 Å². The lowest BCUT2D eigenvalue weighted by Gasteiger charge is -2.04. The molecule has 0 unspecified atom stereocenters. The zero-order chi connectivity index (χ0) is 10.3. The van der Waals surface area contributed by atoms with E-state index in [-0.39, 0.29) is 5.69 Å². The minimum absolute atomic E-state index is 0.305. The van der Waals surface area contributed by atoms with Crippen LogP contribution < -0.4 is 11.0 Å². The molecule has 6 heteroatoms. The van der Waals surface area contributed by atoms with Gasteiger partial charge in [0, 0.05) is 21.1 Å². The molecule has 0 amide bonds. The van der Waals surface area contributed by atoms with Crippen molar-refractivity contribution in [3.05, 3.63) is 16.8 Å². The van der Waals surface area contributed by atoms with Gasteiger partial charge in [-0.15, -0.1) is 0 Å². The molecule has 6 nitrogen and oxygen atoms in total. The summed E-state index contributed by atoms with van der Waals surface area (Å²) in [7, 11) is 5.25. The SMILES string of the molecule is CNc1nc(=O)n(C)c2ncn(C)c12. The predicted molar refractivity (Wildman–Crippen MR) is 53.3 cm³/mol. The maximum atomic E-state index is 11.4. The van der Waals surface area contributed by atoms with Crippen molar-refractivity contribution in [3.8, 4) is 0 Å². The number of nitrogens with one attached hydrogen (secondary N) is 1. The van der Waals surface area contributed by atoms with Crippen molar-refractivity contribution < 1.29 is 0 Å². The molecular weight excluding hydrogens is 182 g/mol. The zero-order valence-electron chi connectivity index (χ0n) is 8.27. The molecule has 0 spiro atoms. The number of imidazole rings is 1. The Labute approximate surface area is 80.2 Å². The van der Waals surface area contributed by atoms with E-state index in [0.29, 0.717) is 11.5 Å². The van der Waals surface area contributed by atoms with Crippen LogP contribution in [0.3, 0.4) is 0 Å². The standard InChI is InChI=1S/C8H11N5O/c1-9-6-5-7(10-4-12(5)2)13(3)8(14)11-6/h4H,1-3H3,(H,9,11,14). The number of nitrogens with zero attached hydrogens (tertiary/aromatic N) is 4. The molecule has 0 bridgehead atoms. The van der Waals surface area contributed by atoms with E-state index in [0.717, 1.165) is 5.52 Å². The Morgan fingerprint density at radius 1 is 1.43 bits per heavy atom. The van der Waals surface area contributed by atoms with Crippen LogP contribution in [-0.4, -0.2) is 26.1 Å². The van der Waals surface area contributed by atoms with Gasteiger partial charge in [0.2, 0.25) is 0 Å². The lowest BCUT2D eigenvalue weighted by molar-refractivity contribution is 0.841. The third-order valence-corrected chi connectivity index (χ3v) is 2.19. The fourth-order valence-corrected chi connectivity index (χ4v) is 1.42. The number of hydrogen-bond acceptors (Lipinski definition) is 4. The van der Waals surface area contributed by atoms with Gasteiger partial charge in [0.1, 0.15) is 5.52 Å². The van der Waals surface area contributed by atoms with Gasteiger partial charge in [-0.3, -0.25) is 4.57 Å². The minimum Gasteiger partial charge on any atom is -0.371 e. The molecule has 2 aromatic rings. The molecule has 0 saturated heterocycles. The number of anilines is 1. The molecule has 0 aliphatic heterocycles. The number of aromatic nitrogens is 4. The smallest absolute Gasteiger partial charge is 0.351 e. The van der Waals surface area contributed by atoms with Crippen LogP contribution in [0.4, 0.5) is 5.82 Å². The normalized spacial score (nSPS) is 10.8. The number of hydrogen-bond donors (Lipinski definition) is 1. The first kappa shape index (κ1) is 8.74. The van der Waals surface area contributed by atoms with E-state index in [1.807, 2.05) is 11.6 Å². The maximum absolute atomic E-state index is 11.4. The minimum atomic E-state index is -0.305. The fourth-order valence-electron chi connectivity index (χ4n) is 1.42. The van der Waals surface area contributed by atoms with Crippen molar-refractivity contribution in [3.63, 3.8) is 0 Å². The second-order valence-electron chi connectivity index (χ2n) is 3.08. The molecule has 2 heterocycles. The van der Waals surface area contributed by atoms with Gasteiger partial charge in [0.15, 0.2) is 11.5 Å². The van der Waals surface area contributed by atoms with Gasteiger partial charge in [-0.05, 0) is 0 Å². The van der Waals surface area contributed by atoms with E-state index >= 15 is 0 Å². The summed E-state index contributed by atoms with van der Waals surface area (Å²) in [5.74, 6) is 0.558. The molecule has 2 rings (SSSR count). The summed E-state index contributed by atoms with van der Waals surface area (Å²) in [5.41, 5.74) is 1.16. The van der Waals surface area contributed by atoms with Crippen LogP contribution in [0.25, 0.3) is 11.2 Å². The van der Waals surface area contributed by atoms with Gasteiger partial charge >= 0.3 is 5.69 Å². The van der Waals surface area contributed by atoms with E-state index in [2.05, 4.69) is 15.3 Å². The van der Waals surface area contributed by atoms with Crippen molar-refractivity contribution in [2.75, 3.05) is 12.4 Å². The monoisotopic (exact) mass is 193 g/mol. The lowest BCUT2D eigenvalue weighted by atomic mass is 10.5. The Morgan fingerprint density at radius 3 is 2.79 bits per heavy atom. The summed E-state index contributed by atoms with van der Waals surface area (Å²) in [5, 5.41) is 2.88. The van der Waals surface area contributed by atoms with Crippen molar-refractivity contribution >= 4 is 17.0 Å². The van der Waals surface area contributed by atoms with E-state index in [1.54, 1.807) is 20.4 Å². The van der Waals surface area contributed by atoms with Crippen molar-refractivity contribution in [2.24, 2.45) is 14.1 Å². The maximum Gasteiger partial charge on any atom is 0.351 e. The van der Waals surface area contributed by atoms with E-state index in [1.165, 1.54) is 4.57 Å². The Balaban J connectivity index is 3.00. The van der Waals surface area contributed by atoms with Gasteiger partial charge in [-0.2, -0.15) is 4.98 Å². The van der Waals surface area contributed by atoms with Crippen LogP contribution in [0.15, 0.2) is 11.1 Å². The fraction of sp³-hybridized carbons (Fsp3) is 0.375. The topological polar surface area (TPSA) is 64.7 Å². The van der Waals surface area contributed by atoms with Crippen LogP contribution in [-0.2, 0) is 14.1 Å². The molecule has 0 atom stereocenters. The highest BCUT2D eigenvalue weighted by molar-refractivity contribution is 5.83. The molecule has 0 radical (unpaired) electrons. The Morgan fingerprint density at radius 2 is 2.14 bits per heavy atom. The third kappa shape index (κ3) is 1.00. The van der Waals surface area contributed by atoms with Gasteiger partial charge < -0.3 is 9.88 Å². The van der Waals surface area contributed by atoms with Gasteiger partial charge in [-0.1, -0.05) is 0 Å². The van der Waals surface area contributed by atoms with Crippen LogP contribution in [0.2, 0.25) is 0 Å². The van der Waals surface area contributed by atoms with Crippen LogP contribution >= 0.6 is 0 Å². The molecule has 14 heavy (non-hydrogen) atoms. The number of fused-ring (bicyclic) bond motifs is 1. The first-order valence-corrected chi connectivity index (χ1v) is 4.21. The van der Waals surface area contributed by atoms with E-state index < -0.39 is 0 Å². The first-order valence-electron chi connectivity index (χ1n) is 4.21. The summed E-state index contributed by atoms with van der Waals surface area (Å²) in [6, 6.07) is 0. The molecule has 0 fully saturated rings. The predicted octanol–water partition coefficient (Wildman–Crippen LogP) is -0.291. The second-order valence-corrected chi connectivity index (χ2v) is 3.08. The third-order valence-electron chi connectivity index (χ3n) is 2.19. The van der Waals surface area contributed by atoms with Gasteiger partial charge in [0.05, 0.1) is 6.33 Å². The number of aryl methyl sites for hydroxylation is 2. The Hall–Kier alpha value is -1.85. The van der Waals surface area contributed by atoms with Crippen molar-refractivity contribution in [1.29, 1.82) is 0 Å². The zero-order valence-corrected chi connectivity index (χ0v) is 8.27. The quantitative estimate of drug-likeness (QED) is 0.675. The lowest BCUT2D eigenvalue weighted by Crippen LogP contribution is -2.22. The highest BCUT2D eigenvalue weighted by Crippen LogP contribution is 2.15.